The van der Waals surface area contributed by atoms with Crippen molar-refractivity contribution in [3.8, 4) is 12.1 Å². The minimum Gasteiger partial charge on any atom is -0.465 e. The number of carboxylic acid groups (broad SMARTS) is 1. The molecule has 0 radical (unpaired) electrons. The summed E-state index contributed by atoms with van der Waals surface area (Å²) in [5.74, 6) is 0.113. The predicted octanol–water partition coefficient (Wildman–Crippen LogP) is 2.52. The van der Waals surface area contributed by atoms with Crippen molar-refractivity contribution in [1.82, 2.24) is 25.1 Å². The number of rotatable bonds is 7. The molecule has 9 heteroatoms. The number of fused-ring (bicyclic) bond motifs is 1. The third-order valence-electron chi connectivity index (χ3n) is 7.25. The quantitative estimate of drug-likeness (QED) is 0.662. The molecule has 1 amide bonds. The molecule has 32 heavy (non-hydrogen) atoms. The molecule has 1 aliphatic carbocycles. The molecule has 1 unspecified atom stereocenters. The molecular weight excluding hydrogens is 408 g/mol. The number of nitrogens with zero attached hydrogens (tertiary/aromatic N) is 5. The molecule has 2 atom stereocenters. The van der Waals surface area contributed by atoms with Gasteiger partial charge in [0, 0.05) is 37.6 Å². The molecule has 174 valence electrons. The molecule has 0 bridgehead atoms. The third kappa shape index (κ3) is 5.13. The second-order valence-corrected chi connectivity index (χ2v) is 9.22. The number of likely N-dealkylation sites (N-methyl/N-ethyl adjacent to an activating group) is 1. The zero-order valence-corrected chi connectivity index (χ0v) is 18.9. The molecule has 2 N–H and O–H groups in total. The van der Waals surface area contributed by atoms with E-state index in [9.17, 15) is 15.2 Å². The van der Waals surface area contributed by atoms with Crippen molar-refractivity contribution in [3.63, 3.8) is 0 Å². The molecule has 3 aliphatic rings. The zero-order chi connectivity index (χ0) is 22.5. The molecule has 1 saturated carbocycles. The third-order valence-corrected chi connectivity index (χ3v) is 7.25. The molecule has 0 aromatic carbocycles. The molecule has 2 fully saturated rings. The number of amides is 1. The first-order valence-corrected chi connectivity index (χ1v) is 11.9. The van der Waals surface area contributed by atoms with Gasteiger partial charge in [0.25, 0.3) is 0 Å². The Morgan fingerprint density at radius 1 is 1.34 bits per heavy atom. The Morgan fingerprint density at radius 2 is 2.16 bits per heavy atom. The summed E-state index contributed by atoms with van der Waals surface area (Å²) >= 11 is 0. The summed E-state index contributed by atoms with van der Waals surface area (Å²) in [6.07, 6.45) is 6.58. The fraction of sp³-hybridized carbons (Fsp3) is 0.739. The lowest BCUT2D eigenvalue weighted by Gasteiger charge is -2.37. The van der Waals surface area contributed by atoms with E-state index in [2.05, 4.69) is 23.3 Å². The highest BCUT2D eigenvalue weighted by Crippen LogP contribution is 2.36. The number of nitrogens with one attached hydrogen (secondary N) is 1. The van der Waals surface area contributed by atoms with Gasteiger partial charge in [-0.2, -0.15) is 15.2 Å². The van der Waals surface area contributed by atoms with E-state index in [1.54, 1.807) is 0 Å². The van der Waals surface area contributed by atoms with E-state index in [1.807, 2.05) is 0 Å². The topological polar surface area (TPSA) is 115 Å². The van der Waals surface area contributed by atoms with Gasteiger partial charge < -0.3 is 25.0 Å². The maximum Gasteiger partial charge on any atom is 0.407 e. The smallest absolute Gasteiger partial charge is 0.407 e. The van der Waals surface area contributed by atoms with Crippen molar-refractivity contribution in [3.05, 3.63) is 17.0 Å². The van der Waals surface area contributed by atoms with Crippen molar-refractivity contribution < 1.29 is 14.6 Å². The van der Waals surface area contributed by atoms with Gasteiger partial charge in [-0.1, -0.05) is 12.8 Å². The van der Waals surface area contributed by atoms with Crippen LogP contribution in [0, 0.1) is 11.3 Å². The van der Waals surface area contributed by atoms with Gasteiger partial charge >= 0.3 is 12.1 Å². The van der Waals surface area contributed by atoms with E-state index < -0.39 is 6.09 Å². The Balaban J connectivity index is 1.48. The van der Waals surface area contributed by atoms with Crippen LogP contribution in [0.25, 0.3) is 0 Å². The van der Waals surface area contributed by atoms with Crippen LogP contribution in [0.15, 0.2) is 0 Å². The van der Waals surface area contributed by atoms with Gasteiger partial charge in [-0.05, 0) is 51.3 Å². The summed E-state index contributed by atoms with van der Waals surface area (Å²) in [5, 5.41) is 22.1. The average molecular weight is 443 g/mol. The van der Waals surface area contributed by atoms with E-state index in [1.165, 1.54) is 36.1 Å². The minimum absolute atomic E-state index is 0.113. The van der Waals surface area contributed by atoms with E-state index in [4.69, 9.17) is 14.7 Å². The number of ether oxygens (including phenoxy) is 1. The lowest BCUT2D eigenvalue weighted by molar-refractivity contribution is 0.101. The van der Waals surface area contributed by atoms with E-state index >= 15 is 0 Å². The Labute approximate surface area is 189 Å². The van der Waals surface area contributed by atoms with Crippen LogP contribution >= 0.6 is 0 Å². The van der Waals surface area contributed by atoms with Gasteiger partial charge in [0.1, 0.15) is 6.61 Å². The number of hydrogen-bond donors (Lipinski definition) is 2. The molecule has 1 aromatic heterocycles. The summed E-state index contributed by atoms with van der Waals surface area (Å²) in [4.78, 5) is 24.9. The van der Waals surface area contributed by atoms with Crippen molar-refractivity contribution in [2.45, 2.75) is 75.9 Å². The molecule has 2 aliphatic heterocycles. The molecule has 1 aromatic rings. The summed E-state index contributed by atoms with van der Waals surface area (Å²) < 4.78 is 6.02. The number of nitriles is 1. The van der Waals surface area contributed by atoms with Crippen LogP contribution < -0.4 is 10.1 Å². The summed E-state index contributed by atoms with van der Waals surface area (Å²) in [6.45, 7) is 3.39. The minimum atomic E-state index is -0.951. The van der Waals surface area contributed by atoms with Crippen molar-refractivity contribution in [2.75, 3.05) is 33.3 Å². The predicted molar refractivity (Wildman–Crippen MR) is 119 cm³/mol. The van der Waals surface area contributed by atoms with Crippen molar-refractivity contribution in [1.29, 1.82) is 5.26 Å². The van der Waals surface area contributed by atoms with Crippen LogP contribution in [0.4, 0.5) is 4.79 Å². The lowest BCUT2D eigenvalue weighted by atomic mass is 9.84. The number of aromatic nitrogens is 2. The molecule has 1 saturated heterocycles. The highest BCUT2D eigenvalue weighted by molar-refractivity contribution is 5.65. The maximum absolute atomic E-state index is 11.6. The fourth-order valence-electron chi connectivity index (χ4n) is 5.43. The summed E-state index contributed by atoms with van der Waals surface area (Å²) in [7, 11) is 2.16. The Hall–Kier alpha value is -2.44. The molecule has 0 spiro atoms. The Bertz CT molecular complexity index is 851. The monoisotopic (exact) mass is 442 g/mol. The van der Waals surface area contributed by atoms with E-state index in [0.29, 0.717) is 44.6 Å². The Morgan fingerprint density at radius 3 is 2.91 bits per heavy atom. The molecule has 4 rings (SSSR count). The largest absolute Gasteiger partial charge is 0.465 e. The number of likely N-dealkylation sites (tertiary alicyclic amines) is 1. The first-order chi connectivity index (χ1) is 15.6. The van der Waals surface area contributed by atoms with Gasteiger partial charge in [-0.25, -0.2) is 4.79 Å². The van der Waals surface area contributed by atoms with Crippen LogP contribution in [-0.4, -0.2) is 76.3 Å². The van der Waals surface area contributed by atoms with Gasteiger partial charge in [0.05, 0.1) is 23.9 Å². The van der Waals surface area contributed by atoms with Crippen molar-refractivity contribution >= 4 is 6.09 Å². The molecule has 3 heterocycles. The number of hydrogen-bond acceptors (Lipinski definition) is 7. The molecule has 9 nitrogen and oxygen atoms in total. The van der Waals surface area contributed by atoms with Crippen LogP contribution in [0.5, 0.6) is 6.01 Å². The zero-order valence-electron chi connectivity index (χ0n) is 18.9. The standard InChI is InChI=1S/C23H34N6O3/c1-28(17-4-2-3-5-17)12-13-32-22-26-20-15-25-10-7-19(20)21(27-22)16-8-11-29(23(30)31)18(14-16)6-9-24/h16-18,25H,2-8,10-15H2,1H3,(H,30,31)/t16?,18-/m0/s1. The SMILES string of the molecule is CN(CCOc1nc2c(c(C3CCN(C(=O)O)[C@@H](CC#N)C3)n1)CCNC2)C1CCCC1. The van der Waals surface area contributed by atoms with E-state index in [0.717, 1.165) is 30.9 Å². The van der Waals surface area contributed by atoms with Crippen molar-refractivity contribution in [2.24, 2.45) is 0 Å². The van der Waals surface area contributed by atoms with Gasteiger partial charge in [0.15, 0.2) is 0 Å². The second kappa shape index (κ2) is 10.5. The van der Waals surface area contributed by atoms with Crippen LogP contribution in [0.1, 0.15) is 67.8 Å². The first-order valence-electron chi connectivity index (χ1n) is 11.9. The first kappa shape index (κ1) is 22.7. The van der Waals surface area contributed by atoms with E-state index in [-0.39, 0.29) is 18.4 Å². The lowest BCUT2D eigenvalue weighted by Crippen LogP contribution is -2.45. The van der Waals surface area contributed by atoms with Gasteiger partial charge in [0.2, 0.25) is 0 Å². The maximum atomic E-state index is 11.6. The van der Waals surface area contributed by atoms with Gasteiger partial charge in [-0.3, -0.25) is 0 Å². The normalized spacial score (nSPS) is 23.7. The van der Waals surface area contributed by atoms with Crippen LogP contribution in [0.3, 0.4) is 0 Å². The average Bonchev–Trinajstić information content (AvgIpc) is 3.34. The second-order valence-electron chi connectivity index (χ2n) is 9.22. The van der Waals surface area contributed by atoms with Crippen LogP contribution in [0.2, 0.25) is 0 Å². The number of piperidine rings is 1. The molecular formula is C23H34N6O3. The summed E-state index contributed by atoms with van der Waals surface area (Å²) in [6, 6.07) is 2.92. The van der Waals surface area contributed by atoms with Gasteiger partial charge in [-0.15, -0.1) is 0 Å². The number of carbonyl (C=O) groups is 1. The summed E-state index contributed by atoms with van der Waals surface area (Å²) in [5.41, 5.74) is 3.14. The highest BCUT2D eigenvalue weighted by atomic mass is 16.5. The fourth-order valence-corrected chi connectivity index (χ4v) is 5.43. The van der Waals surface area contributed by atoms with Crippen LogP contribution in [-0.2, 0) is 13.0 Å². The Kier molecular flexibility index (Phi) is 7.43. The highest BCUT2D eigenvalue weighted by Gasteiger charge is 2.35.